The molecule has 1 aliphatic heterocycles. The number of H-pyrrole nitrogens is 1. The van der Waals surface area contributed by atoms with E-state index in [0.717, 1.165) is 40.7 Å². The Balaban J connectivity index is 0.848. The molecule has 0 radical (unpaired) electrons. The summed E-state index contributed by atoms with van der Waals surface area (Å²) in [5.74, 6) is -0.0761. The molecule has 1 saturated heterocycles. The molecule has 14 heteroatoms. The van der Waals surface area contributed by atoms with Gasteiger partial charge in [0.1, 0.15) is 11.9 Å². The van der Waals surface area contributed by atoms with Crippen molar-refractivity contribution >= 4 is 48.5 Å². The van der Waals surface area contributed by atoms with E-state index in [9.17, 15) is 24.3 Å². The molecule has 0 spiro atoms. The Kier molecular flexibility index (Phi) is 16.5. The van der Waals surface area contributed by atoms with Crippen LogP contribution in [0.1, 0.15) is 76.5 Å². The summed E-state index contributed by atoms with van der Waals surface area (Å²) in [5.41, 5.74) is 5.42. The predicted octanol–water partition coefficient (Wildman–Crippen LogP) is 9.08. The Bertz CT molecular complexity index is 2390. The van der Waals surface area contributed by atoms with E-state index in [1.54, 1.807) is 12.1 Å². The van der Waals surface area contributed by atoms with E-state index >= 15 is 0 Å². The number of benzene rings is 4. The summed E-state index contributed by atoms with van der Waals surface area (Å²) in [5, 5.41) is 23.6. The molecular formula is C50H64N6O7Si. The average molecular weight is 889 g/mol. The van der Waals surface area contributed by atoms with Gasteiger partial charge in [-0.25, -0.2) is 4.79 Å². The molecule has 64 heavy (non-hydrogen) atoms. The van der Waals surface area contributed by atoms with Crippen LogP contribution in [-0.2, 0) is 25.3 Å². The Morgan fingerprint density at radius 1 is 0.844 bits per heavy atom. The van der Waals surface area contributed by atoms with Crippen LogP contribution in [0.15, 0.2) is 108 Å². The Morgan fingerprint density at radius 3 is 2.30 bits per heavy atom. The van der Waals surface area contributed by atoms with Crippen LogP contribution in [0.4, 0.5) is 16.2 Å². The smallest absolute Gasteiger partial charge is 0.411 e. The van der Waals surface area contributed by atoms with Gasteiger partial charge in [-0.3, -0.25) is 19.7 Å². The first-order valence-electron chi connectivity index (χ1n) is 22.4. The molecule has 0 unspecified atom stereocenters. The summed E-state index contributed by atoms with van der Waals surface area (Å²) in [6.45, 7) is 14.7. The van der Waals surface area contributed by atoms with Gasteiger partial charge in [0, 0.05) is 74.8 Å². The number of ether oxygens (including phenoxy) is 1. The highest BCUT2D eigenvalue weighted by molar-refractivity contribution is 6.74. The van der Waals surface area contributed by atoms with Crippen molar-refractivity contribution in [3.8, 4) is 16.9 Å². The number of aromatic hydroxyl groups is 1. The van der Waals surface area contributed by atoms with Gasteiger partial charge in [-0.05, 0) is 90.8 Å². The molecule has 1 atom stereocenters. The van der Waals surface area contributed by atoms with Gasteiger partial charge in [0.05, 0.1) is 17.3 Å². The summed E-state index contributed by atoms with van der Waals surface area (Å²) in [6.07, 6.45) is 2.54. The van der Waals surface area contributed by atoms with Gasteiger partial charge in [-0.2, -0.15) is 0 Å². The fourth-order valence-electron chi connectivity index (χ4n) is 7.55. The van der Waals surface area contributed by atoms with Crippen LogP contribution in [0, 0.1) is 0 Å². The monoisotopic (exact) mass is 888 g/mol. The Morgan fingerprint density at radius 2 is 1.56 bits per heavy atom. The summed E-state index contributed by atoms with van der Waals surface area (Å²) < 4.78 is 12.7. The standard InChI is InChI=1S/C50H64N6O7Si/c1-50(2,3)64(4,5)63-44(40-22-24-43(57)48-41(40)23-25-47(60)55-48)34-51-33-35-18-20-37(21-19-35)53-46(59)17-11-12-29-52-45(58)28-32-56-30-26-38(27-31-56)62-49(61)54-42-16-10-9-15-39(42)36-13-7-6-8-14-36/h6-10,13-16,18-25,38,44,51,57H,11-12,17,26-34H2,1-5H3,(H,52,58)(H,53,59)(H,54,61)(H,55,60)/t44-/m0/s1. The quantitative estimate of drug-likeness (QED) is 0.0349. The lowest BCUT2D eigenvalue weighted by Gasteiger charge is -2.39. The summed E-state index contributed by atoms with van der Waals surface area (Å²) in [4.78, 5) is 55.1. The van der Waals surface area contributed by atoms with Crippen molar-refractivity contribution in [3.05, 3.63) is 125 Å². The molecule has 0 aliphatic carbocycles. The minimum Gasteiger partial charge on any atom is -0.506 e. The number of piperidine rings is 1. The number of nitrogens with zero attached hydrogens (tertiary/aromatic N) is 1. The summed E-state index contributed by atoms with van der Waals surface area (Å²) in [6, 6.07) is 32.0. The van der Waals surface area contributed by atoms with Crippen molar-refractivity contribution in [2.75, 3.05) is 43.4 Å². The van der Waals surface area contributed by atoms with Crippen molar-refractivity contribution in [2.45, 2.75) is 96.2 Å². The zero-order chi connectivity index (χ0) is 45.7. The lowest BCUT2D eigenvalue weighted by Crippen LogP contribution is -2.43. The van der Waals surface area contributed by atoms with Crippen molar-refractivity contribution in [1.82, 2.24) is 20.5 Å². The fraction of sp³-hybridized carbons (Fsp3) is 0.400. The number of unbranched alkanes of at least 4 members (excludes halogenated alkanes) is 1. The lowest BCUT2D eigenvalue weighted by molar-refractivity contribution is -0.121. The lowest BCUT2D eigenvalue weighted by atomic mass is 10.0. The number of phenols is 1. The molecule has 3 amide bonds. The zero-order valence-electron chi connectivity index (χ0n) is 37.8. The van der Waals surface area contributed by atoms with Gasteiger partial charge in [0.25, 0.3) is 0 Å². The number of para-hydroxylation sites is 1. The number of fused-ring (bicyclic) bond motifs is 1. The fourth-order valence-corrected chi connectivity index (χ4v) is 8.83. The molecule has 2 heterocycles. The van der Waals surface area contributed by atoms with Gasteiger partial charge in [0.2, 0.25) is 17.4 Å². The first-order chi connectivity index (χ1) is 30.6. The molecule has 5 aromatic rings. The maximum Gasteiger partial charge on any atom is 0.411 e. The minimum absolute atomic E-state index is 0.0149. The minimum atomic E-state index is -2.21. The van der Waals surface area contributed by atoms with Crippen LogP contribution in [0.3, 0.4) is 0 Å². The van der Waals surface area contributed by atoms with Gasteiger partial charge >= 0.3 is 6.09 Å². The van der Waals surface area contributed by atoms with Gasteiger partial charge < -0.3 is 40.1 Å². The van der Waals surface area contributed by atoms with Crippen LogP contribution in [0.25, 0.3) is 22.0 Å². The van der Waals surface area contributed by atoms with Crippen molar-refractivity contribution in [3.63, 3.8) is 0 Å². The molecule has 1 aromatic heterocycles. The highest BCUT2D eigenvalue weighted by atomic mass is 28.4. The first-order valence-corrected chi connectivity index (χ1v) is 25.3. The average Bonchev–Trinajstić information content (AvgIpc) is 3.26. The highest BCUT2D eigenvalue weighted by Gasteiger charge is 2.39. The van der Waals surface area contributed by atoms with Gasteiger partial charge in [-0.1, -0.05) is 87.5 Å². The first kappa shape index (κ1) is 47.7. The molecular weight excluding hydrogens is 825 g/mol. The molecule has 1 fully saturated rings. The normalized spacial score (nSPS) is 14.2. The van der Waals surface area contributed by atoms with E-state index in [-0.39, 0.29) is 40.4 Å². The number of likely N-dealkylation sites (tertiary alicyclic amines) is 1. The van der Waals surface area contributed by atoms with E-state index < -0.39 is 14.4 Å². The second kappa shape index (κ2) is 22.2. The topological polar surface area (TPSA) is 174 Å². The SMILES string of the molecule is CC(C)(C)[Si](C)(C)O[C@@H](CNCc1ccc(NC(=O)CCCCNC(=O)CCN2CCC(OC(=O)Nc3ccccc3-c3ccccc3)CC2)cc1)c1ccc(O)c2[nH]c(=O)ccc12. The second-order valence-corrected chi connectivity index (χ2v) is 22.8. The van der Waals surface area contributed by atoms with Crippen LogP contribution >= 0.6 is 0 Å². The number of rotatable bonds is 19. The number of hydrogen-bond donors (Lipinski definition) is 6. The zero-order valence-corrected chi connectivity index (χ0v) is 38.8. The molecule has 0 saturated carbocycles. The molecule has 0 bridgehead atoms. The third kappa shape index (κ3) is 13.6. The second-order valence-electron chi connectivity index (χ2n) is 18.1. The third-order valence-electron chi connectivity index (χ3n) is 12.3. The van der Waals surface area contributed by atoms with Crippen LogP contribution in [0.2, 0.25) is 18.1 Å². The largest absolute Gasteiger partial charge is 0.506 e. The molecule has 340 valence electrons. The maximum atomic E-state index is 12.8. The number of hydrogen-bond acceptors (Lipinski definition) is 9. The number of carbonyl (C=O) groups excluding carboxylic acids is 3. The number of aromatic nitrogens is 1. The molecule has 6 N–H and O–H groups in total. The number of phenolic OH excluding ortho intramolecular Hbond substituents is 1. The van der Waals surface area contributed by atoms with Crippen LogP contribution in [-0.4, -0.2) is 80.0 Å². The summed E-state index contributed by atoms with van der Waals surface area (Å²) >= 11 is 0. The van der Waals surface area contributed by atoms with Crippen molar-refractivity contribution in [1.29, 1.82) is 0 Å². The van der Waals surface area contributed by atoms with Crippen LogP contribution in [0.5, 0.6) is 5.75 Å². The van der Waals surface area contributed by atoms with Gasteiger partial charge in [-0.15, -0.1) is 0 Å². The highest BCUT2D eigenvalue weighted by Crippen LogP contribution is 2.41. The third-order valence-corrected chi connectivity index (χ3v) is 16.7. The maximum absolute atomic E-state index is 12.8. The van der Waals surface area contributed by atoms with Crippen LogP contribution < -0.4 is 26.8 Å². The Labute approximate surface area is 377 Å². The van der Waals surface area contributed by atoms with E-state index in [0.29, 0.717) is 81.6 Å². The van der Waals surface area contributed by atoms with E-state index in [2.05, 4.69) is 65.0 Å². The van der Waals surface area contributed by atoms with E-state index in [1.807, 2.05) is 84.9 Å². The summed E-state index contributed by atoms with van der Waals surface area (Å²) in [7, 11) is -2.21. The molecule has 6 rings (SSSR count). The van der Waals surface area contributed by atoms with E-state index in [1.165, 1.54) is 6.07 Å². The molecule has 4 aromatic carbocycles. The number of carbonyl (C=O) groups is 3. The Hall–Kier alpha value is -5.80. The molecule has 13 nitrogen and oxygen atoms in total. The van der Waals surface area contributed by atoms with Gasteiger partial charge in [0.15, 0.2) is 8.32 Å². The molecule has 1 aliphatic rings. The number of anilines is 2. The van der Waals surface area contributed by atoms with Crippen molar-refractivity contribution < 1.29 is 28.7 Å². The number of pyridine rings is 1. The van der Waals surface area contributed by atoms with E-state index in [4.69, 9.17) is 9.16 Å². The van der Waals surface area contributed by atoms with Crippen molar-refractivity contribution in [2.24, 2.45) is 0 Å². The number of nitrogens with one attached hydrogen (secondary N) is 5. The number of aromatic amines is 1. The predicted molar refractivity (Wildman–Crippen MR) is 257 cm³/mol. The number of amides is 3.